The number of benzene rings is 1. The van der Waals surface area contributed by atoms with E-state index in [1.54, 1.807) is 0 Å². The molecular weight excluding hydrogens is 324 g/mol. The van der Waals surface area contributed by atoms with E-state index in [1.165, 1.54) is 24.0 Å². The molecule has 26 heavy (non-hydrogen) atoms. The van der Waals surface area contributed by atoms with Crippen molar-refractivity contribution in [2.75, 3.05) is 13.2 Å². The fourth-order valence-electron chi connectivity index (χ4n) is 5.08. The Balaban J connectivity index is 1.35. The van der Waals surface area contributed by atoms with Crippen LogP contribution in [0.5, 0.6) is 0 Å². The van der Waals surface area contributed by atoms with Crippen LogP contribution in [0.1, 0.15) is 70.4 Å². The summed E-state index contributed by atoms with van der Waals surface area (Å²) in [6.07, 6.45) is 4.28. The summed E-state index contributed by atoms with van der Waals surface area (Å²) in [5.74, 6) is 0.666. The molecule has 1 N–H and O–H groups in total. The van der Waals surface area contributed by atoms with Gasteiger partial charge in [0, 0.05) is 12.1 Å². The first-order valence-electron chi connectivity index (χ1n) is 10.1. The summed E-state index contributed by atoms with van der Waals surface area (Å²) in [5.41, 5.74) is 3.05. The third kappa shape index (κ3) is 3.24. The molecule has 4 nitrogen and oxygen atoms in total. The first-order chi connectivity index (χ1) is 12.3. The first kappa shape index (κ1) is 17.8. The van der Waals surface area contributed by atoms with E-state index in [9.17, 15) is 4.79 Å². The van der Waals surface area contributed by atoms with Crippen LogP contribution >= 0.6 is 0 Å². The number of likely N-dealkylation sites (tertiary alicyclic amines) is 1. The highest BCUT2D eigenvalue weighted by Gasteiger charge is 2.52. The molecule has 1 amide bonds. The van der Waals surface area contributed by atoms with Crippen LogP contribution < -0.4 is 5.32 Å². The number of alkyl carbamates (subject to hydrolysis) is 1. The Bertz CT molecular complexity index is 670. The second-order valence-corrected chi connectivity index (χ2v) is 9.72. The zero-order valence-electron chi connectivity index (χ0n) is 16.5. The lowest BCUT2D eigenvalue weighted by Gasteiger charge is -2.52. The molecule has 2 heterocycles. The molecule has 2 aliphatic heterocycles. The monoisotopic (exact) mass is 356 g/mol. The molecule has 0 bridgehead atoms. The summed E-state index contributed by atoms with van der Waals surface area (Å²) < 4.78 is 5.11. The van der Waals surface area contributed by atoms with Crippen molar-refractivity contribution in [3.8, 4) is 0 Å². The van der Waals surface area contributed by atoms with Gasteiger partial charge < -0.3 is 10.1 Å². The molecule has 2 saturated heterocycles. The van der Waals surface area contributed by atoms with Crippen LogP contribution in [0, 0.1) is 0 Å². The number of nitrogens with one attached hydrogen (secondary N) is 1. The SMILES string of the molecule is C[C@H]1C[C@@H](c2ccc(C(C)(C)C)cc2)CCN1C1CC2(COC(=O)N2)C1. The minimum absolute atomic E-state index is 0.0683. The summed E-state index contributed by atoms with van der Waals surface area (Å²) in [7, 11) is 0. The minimum atomic E-state index is -0.242. The largest absolute Gasteiger partial charge is 0.447 e. The number of carbonyl (C=O) groups excluding carboxylic acids is 1. The summed E-state index contributed by atoms with van der Waals surface area (Å²) >= 11 is 0. The van der Waals surface area contributed by atoms with Crippen molar-refractivity contribution in [3.63, 3.8) is 0 Å². The van der Waals surface area contributed by atoms with Crippen LogP contribution in [-0.2, 0) is 10.2 Å². The van der Waals surface area contributed by atoms with E-state index < -0.39 is 0 Å². The lowest BCUT2D eigenvalue weighted by molar-refractivity contribution is -0.00274. The van der Waals surface area contributed by atoms with E-state index in [-0.39, 0.29) is 17.0 Å². The van der Waals surface area contributed by atoms with E-state index in [2.05, 4.69) is 62.2 Å². The Morgan fingerprint density at radius 1 is 1.19 bits per heavy atom. The fraction of sp³-hybridized carbons (Fsp3) is 0.682. The predicted molar refractivity (Wildman–Crippen MR) is 104 cm³/mol. The van der Waals surface area contributed by atoms with Crippen molar-refractivity contribution < 1.29 is 9.53 Å². The molecule has 1 spiro atoms. The summed E-state index contributed by atoms with van der Waals surface area (Å²) in [6.45, 7) is 10.9. The van der Waals surface area contributed by atoms with Gasteiger partial charge in [-0.3, -0.25) is 4.90 Å². The maximum atomic E-state index is 11.3. The normalized spacial score (nSPS) is 35.1. The molecule has 4 heteroatoms. The molecule has 1 saturated carbocycles. The van der Waals surface area contributed by atoms with Crippen molar-refractivity contribution in [1.29, 1.82) is 0 Å². The first-order valence-corrected chi connectivity index (χ1v) is 10.1. The van der Waals surface area contributed by atoms with Crippen LogP contribution in [0.15, 0.2) is 24.3 Å². The Hall–Kier alpha value is -1.55. The highest BCUT2D eigenvalue weighted by Crippen LogP contribution is 2.42. The van der Waals surface area contributed by atoms with Gasteiger partial charge in [0.2, 0.25) is 0 Å². The lowest BCUT2D eigenvalue weighted by atomic mass is 9.71. The highest BCUT2D eigenvalue weighted by atomic mass is 16.6. The van der Waals surface area contributed by atoms with Gasteiger partial charge in [0.05, 0.1) is 5.54 Å². The molecule has 2 atom stereocenters. The van der Waals surface area contributed by atoms with E-state index in [0.717, 1.165) is 19.4 Å². The van der Waals surface area contributed by atoms with E-state index in [0.29, 0.717) is 24.6 Å². The average molecular weight is 357 g/mol. The van der Waals surface area contributed by atoms with Crippen molar-refractivity contribution in [3.05, 3.63) is 35.4 Å². The Morgan fingerprint density at radius 3 is 2.42 bits per heavy atom. The van der Waals surface area contributed by atoms with Crippen LogP contribution in [0.25, 0.3) is 0 Å². The third-order valence-corrected chi connectivity index (χ3v) is 6.74. The quantitative estimate of drug-likeness (QED) is 0.864. The van der Waals surface area contributed by atoms with Crippen LogP contribution in [0.2, 0.25) is 0 Å². The van der Waals surface area contributed by atoms with Gasteiger partial charge in [0.25, 0.3) is 0 Å². The van der Waals surface area contributed by atoms with Gasteiger partial charge in [-0.2, -0.15) is 0 Å². The van der Waals surface area contributed by atoms with Crippen molar-refractivity contribution in [2.24, 2.45) is 0 Å². The molecule has 0 radical (unpaired) electrons. The van der Waals surface area contributed by atoms with Crippen LogP contribution in [-0.4, -0.2) is 41.8 Å². The van der Waals surface area contributed by atoms with Gasteiger partial charge >= 0.3 is 6.09 Å². The molecule has 1 aromatic carbocycles. The van der Waals surface area contributed by atoms with Gasteiger partial charge in [-0.15, -0.1) is 0 Å². The Labute approximate surface area is 157 Å². The second-order valence-electron chi connectivity index (χ2n) is 9.72. The van der Waals surface area contributed by atoms with Crippen LogP contribution in [0.4, 0.5) is 4.79 Å². The fourth-order valence-corrected chi connectivity index (χ4v) is 5.08. The van der Waals surface area contributed by atoms with E-state index in [1.807, 2.05) is 0 Å². The lowest BCUT2D eigenvalue weighted by Crippen LogP contribution is -2.63. The molecule has 142 valence electrons. The third-order valence-electron chi connectivity index (χ3n) is 6.74. The Morgan fingerprint density at radius 2 is 1.88 bits per heavy atom. The molecule has 0 unspecified atom stereocenters. The van der Waals surface area contributed by atoms with Gasteiger partial charge in [-0.25, -0.2) is 4.79 Å². The molecule has 1 aliphatic carbocycles. The molecule has 0 aromatic heterocycles. The van der Waals surface area contributed by atoms with Gasteiger partial charge in [0.15, 0.2) is 0 Å². The van der Waals surface area contributed by atoms with Crippen molar-refractivity contribution in [1.82, 2.24) is 10.2 Å². The van der Waals surface area contributed by atoms with Crippen LogP contribution in [0.3, 0.4) is 0 Å². The van der Waals surface area contributed by atoms with Gasteiger partial charge in [-0.05, 0) is 61.6 Å². The van der Waals surface area contributed by atoms with E-state index in [4.69, 9.17) is 4.74 Å². The highest BCUT2D eigenvalue weighted by molar-refractivity contribution is 5.71. The topological polar surface area (TPSA) is 41.6 Å². The molecular formula is C22H32N2O2. The zero-order chi connectivity index (χ0) is 18.5. The zero-order valence-corrected chi connectivity index (χ0v) is 16.5. The number of hydrogen-bond acceptors (Lipinski definition) is 3. The van der Waals surface area contributed by atoms with Gasteiger partial charge in [-0.1, -0.05) is 45.0 Å². The summed E-state index contributed by atoms with van der Waals surface area (Å²) in [6, 6.07) is 10.5. The smallest absolute Gasteiger partial charge is 0.407 e. The van der Waals surface area contributed by atoms with Crippen molar-refractivity contribution in [2.45, 2.75) is 82.3 Å². The number of ether oxygens (including phenoxy) is 1. The second kappa shape index (κ2) is 6.26. The van der Waals surface area contributed by atoms with Crippen molar-refractivity contribution >= 4 is 6.09 Å². The number of carbonyl (C=O) groups is 1. The standard InChI is InChI=1S/C22H32N2O2/c1-15-11-17(16-5-7-18(8-6-16)21(2,3)4)9-10-24(15)19-12-22(13-19)14-26-20(25)23-22/h5-8,15,17,19H,9-14H2,1-4H3,(H,23,25)/t15-,17-,19?,22?/m0/s1. The molecule has 3 fully saturated rings. The predicted octanol–water partition coefficient (Wildman–Crippen LogP) is 4.19. The molecule has 4 rings (SSSR count). The Kier molecular flexibility index (Phi) is 4.30. The van der Waals surface area contributed by atoms with Gasteiger partial charge in [0.1, 0.15) is 6.61 Å². The number of hydrogen-bond donors (Lipinski definition) is 1. The molecule has 3 aliphatic rings. The number of nitrogens with zero attached hydrogens (tertiary/aromatic N) is 1. The number of cyclic esters (lactones) is 1. The van der Waals surface area contributed by atoms with E-state index >= 15 is 0 Å². The maximum Gasteiger partial charge on any atom is 0.407 e. The average Bonchev–Trinajstić information content (AvgIpc) is 2.95. The summed E-state index contributed by atoms with van der Waals surface area (Å²) in [4.78, 5) is 14.0. The maximum absolute atomic E-state index is 11.3. The minimum Gasteiger partial charge on any atom is -0.447 e. The number of amides is 1. The summed E-state index contributed by atoms with van der Waals surface area (Å²) in [5, 5.41) is 3.01. The number of rotatable bonds is 2. The molecule has 1 aromatic rings. The number of piperidine rings is 1.